The molecule has 0 saturated carbocycles. The first-order valence-corrected chi connectivity index (χ1v) is 3.32. The van der Waals surface area contributed by atoms with Crippen molar-refractivity contribution in [2.24, 2.45) is 21.5 Å². The van der Waals surface area contributed by atoms with Crippen molar-refractivity contribution in [2.75, 3.05) is 0 Å². The third kappa shape index (κ3) is 2.90. The zero-order valence-electron chi connectivity index (χ0n) is 6.47. The summed E-state index contributed by atoms with van der Waals surface area (Å²) in [5.74, 6) is -2.20. The van der Waals surface area contributed by atoms with Gasteiger partial charge in [0.2, 0.25) is 5.79 Å². The molecule has 0 radical (unpaired) electrons. The van der Waals surface area contributed by atoms with Crippen molar-refractivity contribution in [2.45, 2.75) is 18.4 Å². The Morgan fingerprint density at radius 1 is 1.54 bits per heavy atom. The van der Waals surface area contributed by atoms with Gasteiger partial charge in [-0.1, -0.05) is 0 Å². The van der Waals surface area contributed by atoms with Gasteiger partial charge in [-0.25, -0.2) is 9.98 Å². The summed E-state index contributed by atoms with van der Waals surface area (Å²) < 4.78 is 35.8. The minimum atomic E-state index is -4.42. The summed E-state index contributed by atoms with van der Waals surface area (Å²) in [6.07, 6.45) is -4.76. The Hall–Kier alpha value is -1.31. The van der Waals surface area contributed by atoms with Crippen LogP contribution in [-0.4, -0.2) is 24.3 Å². The number of guanidine groups is 1. The number of nitrogens with one attached hydrogen (secondary N) is 1. The van der Waals surface area contributed by atoms with Gasteiger partial charge in [-0.15, -0.1) is 0 Å². The molecule has 1 aliphatic rings. The first kappa shape index (κ1) is 9.78. The first-order valence-electron chi connectivity index (χ1n) is 3.32. The van der Waals surface area contributed by atoms with E-state index in [0.29, 0.717) is 0 Å². The molecule has 5 N–H and O–H groups in total. The minimum Gasteiger partial charge on any atom is -0.370 e. The average molecular weight is 195 g/mol. The van der Waals surface area contributed by atoms with Crippen molar-refractivity contribution >= 4 is 12.3 Å². The summed E-state index contributed by atoms with van der Waals surface area (Å²) in [7, 11) is 0. The van der Waals surface area contributed by atoms with Gasteiger partial charge in [-0.2, -0.15) is 13.2 Å². The third-order valence-electron chi connectivity index (χ3n) is 1.28. The van der Waals surface area contributed by atoms with E-state index in [9.17, 15) is 13.2 Å². The maximum absolute atomic E-state index is 11.9. The number of halogens is 3. The van der Waals surface area contributed by atoms with Crippen LogP contribution in [0.3, 0.4) is 0 Å². The Balaban J connectivity index is 2.76. The lowest BCUT2D eigenvalue weighted by Crippen LogP contribution is -2.48. The molecule has 0 amide bonds. The molecule has 8 heteroatoms. The fourth-order valence-corrected chi connectivity index (χ4v) is 0.860. The van der Waals surface area contributed by atoms with Crippen LogP contribution in [-0.2, 0) is 0 Å². The molecule has 0 spiro atoms. The van der Waals surface area contributed by atoms with Crippen LogP contribution in [0.15, 0.2) is 9.98 Å². The molecular weight excluding hydrogens is 187 g/mol. The van der Waals surface area contributed by atoms with Crippen LogP contribution in [0.25, 0.3) is 0 Å². The Morgan fingerprint density at radius 2 is 2.15 bits per heavy atom. The van der Waals surface area contributed by atoms with Gasteiger partial charge in [0.1, 0.15) is 6.42 Å². The summed E-state index contributed by atoms with van der Waals surface area (Å²) in [6.45, 7) is 0. The molecule has 1 atom stereocenters. The van der Waals surface area contributed by atoms with Gasteiger partial charge >= 0.3 is 6.18 Å². The number of nitrogens with zero attached hydrogens (tertiary/aromatic N) is 2. The molecule has 1 heterocycles. The van der Waals surface area contributed by atoms with E-state index >= 15 is 0 Å². The highest BCUT2D eigenvalue weighted by atomic mass is 19.4. The Labute approximate surface area is 71.7 Å². The molecule has 5 nitrogen and oxygen atoms in total. The van der Waals surface area contributed by atoms with Crippen molar-refractivity contribution in [1.29, 1.82) is 0 Å². The van der Waals surface area contributed by atoms with Gasteiger partial charge < -0.3 is 11.1 Å². The number of hydrogen-bond donors (Lipinski definition) is 3. The van der Waals surface area contributed by atoms with Crippen molar-refractivity contribution in [3.05, 3.63) is 0 Å². The number of rotatable bonds is 1. The van der Waals surface area contributed by atoms with Gasteiger partial charge in [-0.05, 0) is 0 Å². The zero-order chi connectivity index (χ0) is 10.1. The quantitative estimate of drug-likeness (QED) is 0.526. The summed E-state index contributed by atoms with van der Waals surface area (Å²) in [6, 6.07) is 0. The second-order valence-electron chi connectivity index (χ2n) is 2.57. The molecule has 0 fully saturated rings. The molecule has 1 rings (SSSR count). The highest BCUT2D eigenvalue weighted by Crippen LogP contribution is 2.27. The molecule has 0 aromatic rings. The van der Waals surface area contributed by atoms with Crippen LogP contribution in [0.1, 0.15) is 6.42 Å². The van der Waals surface area contributed by atoms with Gasteiger partial charge in [0.05, 0.1) is 6.34 Å². The maximum Gasteiger partial charge on any atom is 0.394 e. The monoisotopic (exact) mass is 195 g/mol. The van der Waals surface area contributed by atoms with E-state index in [1.165, 1.54) is 0 Å². The highest BCUT2D eigenvalue weighted by molar-refractivity contribution is 5.90. The minimum absolute atomic E-state index is 0.179. The summed E-state index contributed by atoms with van der Waals surface area (Å²) in [5.41, 5.74) is 10.3. The van der Waals surface area contributed by atoms with Crippen LogP contribution in [0, 0.1) is 0 Å². The van der Waals surface area contributed by atoms with Crippen molar-refractivity contribution < 1.29 is 13.2 Å². The Bertz CT molecular complexity index is 257. The molecule has 0 aromatic heterocycles. The smallest absolute Gasteiger partial charge is 0.370 e. The lowest BCUT2D eigenvalue weighted by molar-refractivity contribution is -0.146. The molecule has 0 saturated heterocycles. The van der Waals surface area contributed by atoms with Crippen molar-refractivity contribution in [3.8, 4) is 0 Å². The van der Waals surface area contributed by atoms with Crippen LogP contribution >= 0.6 is 0 Å². The predicted octanol–water partition coefficient (Wildman–Crippen LogP) is -0.503. The summed E-state index contributed by atoms with van der Waals surface area (Å²) >= 11 is 0. The predicted molar refractivity (Wildman–Crippen MR) is 40.8 cm³/mol. The molecule has 1 aliphatic heterocycles. The molecule has 0 bridgehead atoms. The number of nitrogens with two attached hydrogens (primary N) is 2. The fourth-order valence-electron chi connectivity index (χ4n) is 0.860. The Morgan fingerprint density at radius 3 is 2.62 bits per heavy atom. The number of alkyl halides is 3. The van der Waals surface area contributed by atoms with E-state index in [0.717, 1.165) is 6.34 Å². The van der Waals surface area contributed by atoms with E-state index in [1.807, 2.05) is 0 Å². The molecular formula is C5H8F3N5. The zero-order valence-corrected chi connectivity index (χ0v) is 6.47. The van der Waals surface area contributed by atoms with Crippen LogP contribution in [0.2, 0.25) is 0 Å². The van der Waals surface area contributed by atoms with Gasteiger partial charge in [0.25, 0.3) is 0 Å². The standard InChI is InChI=1S/C5H8F3N5/c6-4(7,8)1-5(10)12-2-11-3(9)13-5/h2H,1,10H2,(H3,9,11,12,13). The second kappa shape index (κ2) is 2.87. The van der Waals surface area contributed by atoms with Gasteiger partial charge in [-0.3, -0.25) is 5.73 Å². The van der Waals surface area contributed by atoms with E-state index in [-0.39, 0.29) is 5.96 Å². The molecule has 0 aromatic carbocycles. The average Bonchev–Trinajstić information content (AvgIpc) is 1.79. The van der Waals surface area contributed by atoms with Crippen molar-refractivity contribution in [1.82, 2.24) is 5.32 Å². The van der Waals surface area contributed by atoms with Gasteiger partial charge in [0, 0.05) is 0 Å². The van der Waals surface area contributed by atoms with E-state index in [2.05, 4.69) is 15.3 Å². The molecule has 1 unspecified atom stereocenters. The fraction of sp³-hybridized carbons (Fsp3) is 0.600. The highest BCUT2D eigenvalue weighted by Gasteiger charge is 2.40. The van der Waals surface area contributed by atoms with Crippen LogP contribution < -0.4 is 16.8 Å². The van der Waals surface area contributed by atoms with Gasteiger partial charge in [0.15, 0.2) is 5.96 Å². The lowest BCUT2D eigenvalue weighted by Gasteiger charge is -2.24. The number of hydrogen-bond acceptors (Lipinski definition) is 5. The largest absolute Gasteiger partial charge is 0.394 e. The second-order valence-corrected chi connectivity index (χ2v) is 2.57. The maximum atomic E-state index is 11.9. The van der Waals surface area contributed by atoms with Crippen LogP contribution in [0.4, 0.5) is 13.2 Å². The summed E-state index contributed by atoms with van der Waals surface area (Å²) in [4.78, 5) is 6.69. The Kier molecular flexibility index (Phi) is 2.16. The summed E-state index contributed by atoms with van der Waals surface area (Å²) in [5, 5.41) is 2.31. The topological polar surface area (TPSA) is 88.8 Å². The van der Waals surface area contributed by atoms with E-state index in [4.69, 9.17) is 11.5 Å². The first-order chi connectivity index (χ1) is 5.81. The number of aliphatic imine (C=N–C) groups is 2. The molecule has 13 heavy (non-hydrogen) atoms. The van der Waals surface area contributed by atoms with Crippen LogP contribution in [0.5, 0.6) is 0 Å². The normalized spacial score (nSPS) is 28.2. The van der Waals surface area contributed by atoms with E-state index < -0.39 is 18.4 Å². The third-order valence-corrected chi connectivity index (χ3v) is 1.28. The van der Waals surface area contributed by atoms with E-state index in [1.54, 1.807) is 0 Å². The lowest BCUT2D eigenvalue weighted by atomic mass is 10.2. The molecule has 74 valence electrons. The molecule has 0 aliphatic carbocycles. The SMILES string of the molecule is NC1=NC(N)(CC(F)(F)F)N=CN1. The van der Waals surface area contributed by atoms with Crippen molar-refractivity contribution in [3.63, 3.8) is 0 Å².